The number of carbonyl (C=O) groups excluding carboxylic acids is 2. The third-order valence-electron chi connectivity index (χ3n) is 5.03. The van der Waals surface area contributed by atoms with Gasteiger partial charge in [0, 0.05) is 6.54 Å². The molecule has 3 rings (SSSR count). The van der Waals surface area contributed by atoms with Crippen molar-refractivity contribution in [3.05, 3.63) is 34.8 Å². The second kappa shape index (κ2) is 6.09. The highest BCUT2D eigenvalue weighted by Gasteiger charge is 2.52. The molecular weight excluding hydrogens is 319 g/mol. The summed E-state index contributed by atoms with van der Waals surface area (Å²) in [5.41, 5.74) is 1.85. The molecule has 2 N–H and O–H groups in total. The van der Waals surface area contributed by atoms with E-state index in [1.807, 2.05) is 46.9 Å². The van der Waals surface area contributed by atoms with Gasteiger partial charge in [-0.1, -0.05) is 12.1 Å². The van der Waals surface area contributed by atoms with Crippen LogP contribution < -0.4 is 10.6 Å². The number of hydrogen-bond acceptors (Lipinski definition) is 5. The van der Waals surface area contributed by atoms with Gasteiger partial charge in [0.05, 0.1) is 22.5 Å². The van der Waals surface area contributed by atoms with E-state index in [1.54, 1.807) is 12.1 Å². The fourth-order valence-electron chi connectivity index (χ4n) is 2.86. The molecule has 2 heterocycles. The Bertz CT molecular complexity index is 754. The minimum Gasteiger partial charge on any atom is -0.400 e. The predicted molar refractivity (Wildman–Crippen MR) is 97.4 cm³/mol. The maximum atomic E-state index is 11.9. The lowest BCUT2D eigenvalue weighted by atomic mass is 9.77. The first-order chi connectivity index (χ1) is 11.6. The number of hydrogen-bond donors (Lipinski definition) is 2. The summed E-state index contributed by atoms with van der Waals surface area (Å²) in [4.78, 5) is 23.4. The third kappa shape index (κ3) is 3.15. The van der Waals surface area contributed by atoms with Crippen molar-refractivity contribution in [2.24, 2.45) is 0 Å². The smallest absolute Gasteiger partial charge is 0.400 e. The number of anilines is 1. The highest BCUT2D eigenvalue weighted by molar-refractivity contribution is 6.56. The van der Waals surface area contributed by atoms with Crippen molar-refractivity contribution < 1.29 is 18.9 Å². The molecule has 0 bridgehead atoms. The van der Waals surface area contributed by atoms with Gasteiger partial charge >= 0.3 is 7.12 Å². The van der Waals surface area contributed by atoms with Crippen LogP contribution in [0.1, 0.15) is 43.6 Å². The van der Waals surface area contributed by atoms with Gasteiger partial charge in [-0.25, -0.2) is 0 Å². The van der Waals surface area contributed by atoms with Crippen molar-refractivity contribution in [3.8, 4) is 0 Å². The van der Waals surface area contributed by atoms with Crippen molar-refractivity contribution in [1.82, 2.24) is 5.32 Å². The van der Waals surface area contributed by atoms with Crippen LogP contribution in [0.5, 0.6) is 0 Å². The van der Waals surface area contributed by atoms with Crippen LogP contribution in [0, 0.1) is 0 Å². The summed E-state index contributed by atoms with van der Waals surface area (Å²) in [7, 11) is 1.38. The number of benzene rings is 1. The summed E-state index contributed by atoms with van der Waals surface area (Å²) in [6.07, 6.45) is 1.94. The van der Waals surface area contributed by atoms with E-state index in [0.717, 1.165) is 11.0 Å². The zero-order valence-electron chi connectivity index (χ0n) is 15.2. The van der Waals surface area contributed by atoms with Crippen LogP contribution >= 0.6 is 0 Å². The third-order valence-corrected chi connectivity index (χ3v) is 5.03. The molecule has 7 heteroatoms. The molecule has 1 aromatic carbocycles. The predicted octanol–water partition coefficient (Wildman–Crippen LogP) is 2.06. The van der Waals surface area contributed by atoms with Gasteiger partial charge in [-0.3, -0.25) is 9.59 Å². The second-order valence-corrected chi connectivity index (χ2v) is 7.43. The van der Waals surface area contributed by atoms with Gasteiger partial charge in [0.25, 0.3) is 11.7 Å². The fraction of sp³-hybridized carbons (Fsp3) is 0.444. The normalized spacial score (nSPS) is 21.5. The lowest BCUT2D eigenvalue weighted by Crippen LogP contribution is -2.41. The highest BCUT2D eigenvalue weighted by Crippen LogP contribution is 2.38. The Morgan fingerprint density at radius 3 is 2.44 bits per heavy atom. The number of carbonyl (C=O) groups is 2. The zero-order valence-corrected chi connectivity index (χ0v) is 15.2. The minimum absolute atomic E-state index is 0.400. The number of amides is 1. The maximum absolute atomic E-state index is 11.9. The molecule has 0 spiro atoms. The second-order valence-electron chi connectivity index (χ2n) is 7.43. The first-order valence-electron chi connectivity index (χ1n) is 8.35. The molecular formula is C18H23BN2O4. The molecule has 1 fully saturated rings. The van der Waals surface area contributed by atoms with E-state index in [0.29, 0.717) is 17.8 Å². The molecule has 2 aliphatic heterocycles. The Morgan fingerprint density at radius 2 is 1.84 bits per heavy atom. The Labute approximate surface area is 148 Å². The van der Waals surface area contributed by atoms with Crippen molar-refractivity contribution in [2.75, 3.05) is 18.9 Å². The van der Waals surface area contributed by atoms with Gasteiger partial charge in [0.15, 0.2) is 0 Å². The summed E-state index contributed by atoms with van der Waals surface area (Å²) in [5.74, 6) is -1.09. The number of likely N-dealkylation sites (N-methyl/N-ethyl adjacent to an activating group) is 1. The monoisotopic (exact) mass is 342 g/mol. The minimum atomic E-state index is -0.586. The molecule has 0 saturated carbocycles. The van der Waals surface area contributed by atoms with Gasteiger partial charge in [0.2, 0.25) is 0 Å². The average Bonchev–Trinajstić information content (AvgIpc) is 2.92. The van der Waals surface area contributed by atoms with E-state index >= 15 is 0 Å². The first-order valence-corrected chi connectivity index (χ1v) is 8.35. The van der Waals surface area contributed by atoms with Crippen LogP contribution in [-0.2, 0) is 14.1 Å². The summed E-state index contributed by atoms with van der Waals surface area (Å²) >= 11 is 0. The van der Waals surface area contributed by atoms with E-state index in [2.05, 4.69) is 10.6 Å². The van der Waals surface area contributed by atoms with E-state index in [9.17, 15) is 9.59 Å². The molecule has 0 radical (unpaired) electrons. The molecule has 25 heavy (non-hydrogen) atoms. The first kappa shape index (κ1) is 17.9. The Morgan fingerprint density at radius 1 is 1.20 bits per heavy atom. The van der Waals surface area contributed by atoms with Gasteiger partial charge in [-0.15, -0.1) is 0 Å². The van der Waals surface area contributed by atoms with E-state index in [1.165, 1.54) is 0 Å². The molecule has 1 aromatic rings. The van der Waals surface area contributed by atoms with Crippen LogP contribution in [-0.4, -0.2) is 43.6 Å². The Hall–Kier alpha value is -1.96. The quantitative estimate of drug-likeness (QED) is 0.647. The van der Waals surface area contributed by atoms with Crippen LogP contribution in [0.2, 0.25) is 0 Å². The standard InChI is InChI=1S/C18H23BN2O4/c1-17(2)18(3,4)25-19(24-17)12(10-20-5)8-11-6-7-14-13(9-11)15(22)16(23)21-14/h6-9,20H,10H2,1-5H3,(H,21,22,23). The van der Waals surface area contributed by atoms with E-state index in [4.69, 9.17) is 9.31 Å². The van der Waals surface area contributed by atoms with Crippen LogP contribution in [0.25, 0.3) is 6.08 Å². The highest BCUT2D eigenvalue weighted by atomic mass is 16.7. The summed E-state index contributed by atoms with van der Waals surface area (Å²) < 4.78 is 12.2. The molecule has 0 aliphatic carbocycles. The molecule has 0 atom stereocenters. The number of fused-ring (bicyclic) bond motifs is 1. The molecule has 0 unspecified atom stereocenters. The van der Waals surface area contributed by atoms with Crippen LogP contribution in [0.15, 0.2) is 23.7 Å². The summed E-state index contributed by atoms with van der Waals surface area (Å²) in [6, 6.07) is 5.32. The summed E-state index contributed by atoms with van der Waals surface area (Å²) in [6.45, 7) is 8.62. The van der Waals surface area contributed by atoms with E-state index in [-0.39, 0.29) is 0 Å². The molecule has 132 valence electrons. The van der Waals surface area contributed by atoms with Crippen molar-refractivity contribution in [2.45, 2.75) is 38.9 Å². The number of rotatable bonds is 4. The summed E-state index contributed by atoms with van der Waals surface area (Å²) in [5, 5.41) is 5.68. The molecule has 1 saturated heterocycles. The van der Waals surface area contributed by atoms with Crippen molar-refractivity contribution in [3.63, 3.8) is 0 Å². The molecule has 0 aromatic heterocycles. The van der Waals surface area contributed by atoms with Crippen molar-refractivity contribution >= 4 is 30.6 Å². The van der Waals surface area contributed by atoms with E-state index < -0.39 is 30.0 Å². The maximum Gasteiger partial charge on any atom is 0.491 e. The average molecular weight is 342 g/mol. The van der Waals surface area contributed by atoms with Gasteiger partial charge in [-0.2, -0.15) is 0 Å². The van der Waals surface area contributed by atoms with Gasteiger partial charge in [-0.05, 0) is 57.9 Å². The number of Topliss-reactive ketones (excluding diaryl/α,β-unsaturated/α-hetero) is 1. The number of ketones is 1. The van der Waals surface area contributed by atoms with Crippen LogP contribution in [0.3, 0.4) is 0 Å². The SMILES string of the molecule is CNCC(=Cc1ccc2c(c1)C(=O)C(=O)N2)B1OC(C)(C)C(C)(C)O1. The Balaban J connectivity index is 1.92. The fourth-order valence-corrected chi connectivity index (χ4v) is 2.86. The largest absolute Gasteiger partial charge is 0.491 e. The molecule has 2 aliphatic rings. The lowest BCUT2D eigenvalue weighted by molar-refractivity contribution is -0.112. The Kier molecular flexibility index (Phi) is 4.35. The van der Waals surface area contributed by atoms with Crippen LogP contribution in [0.4, 0.5) is 5.69 Å². The molecule has 1 amide bonds. The lowest BCUT2D eigenvalue weighted by Gasteiger charge is -2.32. The van der Waals surface area contributed by atoms with Gasteiger partial charge in [0.1, 0.15) is 0 Å². The molecule has 6 nitrogen and oxygen atoms in total. The topological polar surface area (TPSA) is 76.7 Å². The number of nitrogens with one attached hydrogen (secondary N) is 2. The van der Waals surface area contributed by atoms with Gasteiger partial charge < -0.3 is 19.9 Å². The van der Waals surface area contributed by atoms with Crippen molar-refractivity contribution in [1.29, 1.82) is 0 Å². The zero-order chi connectivity index (χ0) is 18.4.